The second-order valence-electron chi connectivity index (χ2n) is 4.48. The van der Waals surface area contributed by atoms with Gasteiger partial charge in [-0.2, -0.15) is 0 Å². The van der Waals surface area contributed by atoms with Crippen molar-refractivity contribution in [2.75, 3.05) is 5.32 Å². The maximum atomic E-state index is 12.4. The smallest absolute Gasteiger partial charge is 0.293 e. The summed E-state index contributed by atoms with van der Waals surface area (Å²) in [6.45, 7) is 1.22. The first-order valence-electron chi connectivity index (χ1n) is 6.25. The number of ketones is 1. The summed E-state index contributed by atoms with van der Waals surface area (Å²) in [6.07, 6.45) is 0. The average Bonchev–Trinajstić information content (AvgIpc) is 2.46. The zero-order chi connectivity index (χ0) is 16.3. The summed E-state index contributed by atoms with van der Waals surface area (Å²) in [4.78, 5) is 33.9. The maximum absolute atomic E-state index is 12.4. The first kappa shape index (κ1) is 15.7. The van der Waals surface area contributed by atoms with E-state index in [-0.39, 0.29) is 22.0 Å². The number of anilines is 1. The lowest BCUT2D eigenvalue weighted by Gasteiger charge is -2.08. The topological polar surface area (TPSA) is 89.3 Å². The quantitative estimate of drug-likeness (QED) is 0.531. The van der Waals surface area contributed by atoms with Crippen LogP contribution in [0.1, 0.15) is 22.8 Å². The largest absolute Gasteiger partial charge is 0.321 e. The van der Waals surface area contributed by atoms with Gasteiger partial charge in [-0.05, 0) is 6.07 Å². The van der Waals surface area contributed by atoms with Gasteiger partial charge in [-0.1, -0.05) is 41.9 Å². The van der Waals surface area contributed by atoms with E-state index in [1.54, 1.807) is 30.3 Å². The van der Waals surface area contributed by atoms with Gasteiger partial charge in [0.15, 0.2) is 5.78 Å². The minimum absolute atomic E-state index is 0.00803. The van der Waals surface area contributed by atoms with E-state index >= 15 is 0 Å². The minimum Gasteiger partial charge on any atom is -0.321 e. The predicted molar refractivity (Wildman–Crippen MR) is 82.3 cm³/mol. The Kier molecular flexibility index (Phi) is 4.53. The minimum atomic E-state index is -0.677. The van der Waals surface area contributed by atoms with Crippen LogP contribution in [0.4, 0.5) is 11.4 Å². The Balaban J connectivity index is 2.54. The van der Waals surface area contributed by atoms with Gasteiger partial charge in [0.2, 0.25) is 5.91 Å². The third-order valence-electron chi connectivity index (χ3n) is 2.87. The van der Waals surface area contributed by atoms with E-state index in [2.05, 4.69) is 5.32 Å². The molecule has 0 aliphatic carbocycles. The number of hydrogen-bond donors (Lipinski definition) is 1. The van der Waals surface area contributed by atoms with Crippen molar-refractivity contribution in [3.8, 4) is 0 Å². The van der Waals surface area contributed by atoms with Gasteiger partial charge in [-0.3, -0.25) is 19.7 Å². The van der Waals surface area contributed by atoms with Crippen molar-refractivity contribution < 1.29 is 14.5 Å². The van der Waals surface area contributed by atoms with Gasteiger partial charge in [0.25, 0.3) is 5.69 Å². The van der Waals surface area contributed by atoms with E-state index < -0.39 is 16.6 Å². The summed E-state index contributed by atoms with van der Waals surface area (Å²) >= 11 is 6.04. The lowest BCUT2D eigenvalue weighted by Crippen LogP contribution is -2.10. The van der Waals surface area contributed by atoms with Crippen molar-refractivity contribution >= 4 is 34.7 Å². The summed E-state index contributed by atoms with van der Waals surface area (Å²) in [7, 11) is 0. The first-order valence-corrected chi connectivity index (χ1v) is 6.63. The number of benzene rings is 2. The molecule has 22 heavy (non-hydrogen) atoms. The highest BCUT2D eigenvalue weighted by Crippen LogP contribution is 2.32. The van der Waals surface area contributed by atoms with Crippen molar-refractivity contribution in [2.45, 2.75) is 6.92 Å². The van der Waals surface area contributed by atoms with Crippen molar-refractivity contribution in [1.29, 1.82) is 0 Å². The number of nitrogens with zero attached hydrogens (tertiary/aromatic N) is 1. The van der Waals surface area contributed by atoms with E-state index in [9.17, 15) is 19.7 Å². The van der Waals surface area contributed by atoms with Crippen LogP contribution in [0.25, 0.3) is 0 Å². The van der Waals surface area contributed by atoms with Gasteiger partial charge >= 0.3 is 0 Å². The number of rotatable bonds is 4. The van der Waals surface area contributed by atoms with Crippen LogP contribution in [0.5, 0.6) is 0 Å². The van der Waals surface area contributed by atoms with Crippen LogP contribution < -0.4 is 5.32 Å². The molecule has 0 atom stereocenters. The lowest BCUT2D eigenvalue weighted by atomic mass is 10.0. The van der Waals surface area contributed by atoms with E-state index in [4.69, 9.17) is 11.6 Å². The predicted octanol–water partition coefficient (Wildman–Crippen LogP) is 3.44. The Bertz CT molecular complexity index is 760. The molecule has 0 saturated heterocycles. The Hall–Kier alpha value is -2.73. The Morgan fingerprint density at radius 2 is 1.82 bits per heavy atom. The number of carbonyl (C=O) groups is 2. The molecule has 2 aromatic rings. The molecule has 0 heterocycles. The summed E-state index contributed by atoms with van der Waals surface area (Å²) in [5.74, 6) is -0.899. The molecule has 0 aliphatic heterocycles. The molecular weight excluding hydrogens is 308 g/mol. The maximum Gasteiger partial charge on any atom is 0.293 e. The second kappa shape index (κ2) is 6.36. The molecular formula is C15H11ClN2O4. The van der Waals surface area contributed by atoms with Gasteiger partial charge < -0.3 is 5.32 Å². The third kappa shape index (κ3) is 3.29. The number of amides is 1. The van der Waals surface area contributed by atoms with Gasteiger partial charge in [0.1, 0.15) is 5.69 Å². The second-order valence-corrected chi connectivity index (χ2v) is 4.89. The SMILES string of the molecule is CC(=O)Nc1cc(Cl)c(C(=O)c2ccccc2)cc1[N+](=O)[O-]. The molecule has 0 fully saturated rings. The van der Waals surface area contributed by atoms with Crippen molar-refractivity contribution in [2.24, 2.45) is 0 Å². The summed E-state index contributed by atoms with van der Waals surface area (Å²) in [5.41, 5.74) is -0.0642. The Morgan fingerprint density at radius 3 is 2.36 bits per heavy atom. The molecule has 2 rings (SSSR count). The number of nitrogens with one attached hydrogen (secondary N) is 1. The van der Waals surface area contributed by atoms with Crippen molar-refractivity contribution in [3.05, 3.63) is 68.7 Å². The Morgan fingerprint density at radius 1 is 1.18 bits per heavy atom. The standard InChI is InChI=1S/C15H11ClN2O4/c1-9(19)17-13-8-12(16)11(7-14(13)18(21)22)15(20)10-5-3-2-4-6-10/h2-8H,1H3,(H,17,19). The van der Waals surface area contributed by atoms with Crippen LogP contribution in [0, 0.1) is 10.1 Å². The fourth-order valence-corrected chi connectivity index (χ4v) is 2.17. The number of nitro groups is 1. The van der Waals surface area contributed by atoms with Crippen LogP contribution in [0.15, 0.2) is 42.5 Å². The molecule has 1 amide bonds. The van der Waals surface area contributed by atoms with Gasteiger partial charge in [-0.15, -0.1) is 0 Å². The number of nitro benzene ring substituents is 1. The van der Waals surface area contributed by atoms with Gasteiger partial charge in [0, 0.05) is 24.1 Å². The molecule has 6 nitrogen and oxygen atoms in total. The lowest BCUT2D eigenvalue weighted by molar-refractivity contribution is -0.383. The number of hydrogen-bond acceptors (Lipinski definition) is 4. The van der Waals surface area contributed by atoms with Crippen LogP contribution in [-0.2, 0) is 4.79 Å². The molecule has 0 unspecified atom stereocenters. The van der Waals surface area contributed by atoms with Gasteiger partial charge in [-0.25, -0.2) is 0 Å². The fourth-order valence-electron chi connectivity index (χ4n) is 1.92. The van der Waals surface area contributed by atoms with Crippen molar-refractivity contribution in [1.82, 2.24) is 0 Å². The summed E-state index contributed by atoms with van der Waals surface area (Å²) in [5, 5.41) is 13.5. The average molecular weight is 319 g/mol. The molecule has 0 aliphatic rings. The first-order chi connectivity index (χ1) is 10.4. The molecule has 0 saturated carbocycles. The molecule has 112 valence electrons. The highest BCUT2D eigenvalue weighted by Gasteiger charge is 2.22. The molecule has 0 radical (unpaired) electrons. The van der Waals surface area contributed by atoms with Crippen molar-refractivity contribution in [3.63, 3.8) is 0 Å². The van der Waals surface area contributed by atoms with Crippen LogP contribution in [0.3, 0.4) is 0 Å². The molecule has 0 aromatic heterocycles. The molecule has 1 N–H and O–H groups in total. The van der Waals surface area contributed by atoms with E-state index in [1.807, 2.05) is 0 Å². The van der Waals surface area contributed by atoms with Crippen LogP contribution >= 0.6 is 11.6 Å². The monoisotopic (exact) mass is 318 g/mol. The highest BCUT2D eigenvalue weighted by molar-refractivity contribution is 6.35. The number of halogens is 1. The normalized spacial score (nSPS) is 10.1. The highest BCUT2D eigenvalue weighted by atomic mass is 35.5. The fraction of sp³-hybridized carbons (Fsp3) is 0.0667. The zero-order valence-electron chi connectivity index (χ0n) is 11.5. The van der Waals surface area contributed by atoms with E-state index in [1.165, 1.54) is 13.0 Å². The number of carbonyl (C=O) groups excluding carboxylic acids is 2. The van der Waals surface area contributed by atoms with Gasteiger partial charge in [0.05, 0.1) is 9.95 Å². The van der Waals surface area contributed by atoms with E-state index in [0.717, 1.165) is 6.07 Å². The molecule has 2 aromatic carbocycles. The molecule has 7 heteroatoms. The summed E-state index contributed by atoms with van der Waals surface area (Å²) in [6, 6.07) is 10.6. The summed E-state index contributed by atoms with van der Waals surface area (Å²) < 4.78 is 0. The third-order valence-corrected chi connectivity index (χ3v) is 3.19. The van der Waals surface area contributed by atoms with E-state index in [0.29, 0.717) is 5.56 Å². The Labute approximate surface area is 130 Å². The zero-order valence-corrected chi connectivity index (χ0v) is 12.3. The van der Waals surface area contributed by atoms with Crippen LogP contribution in [0.2, 0.25) is 5.02 Å². The molecule has 0 spiro atoms. The van der Waals surface area contributed by atoms with Crippen LogP contribution in [-0.4, -0.2) is 16.6 Å². The molecule has 0 bridgehead atoms.